The van der Waals surface area contributed by atoms with E-state index in [0.717, 1.165) is 41.6 Å². The third-order valence-corrected chi connectivity index (χ3v) is 6.60. The van der Waals surface area contributed by atoms with E-state index in [0.29, 0.717) is 19.8 Å². The topological polar surface area (TPSA) is 64.3 Å². The second kappa shape index (κ2) is 33.1. The highest BCUT2D eigenvalue weighted by Crippen LogP contribution is 2.12. The second-order valence-corrected chi connectivity index (χ2v) is 11.6. The fourth-order valence-electron chi connectivity index (χ4n) is 4.30. The van der Waals surface area contributed by atoms with Gasteiger partial charge in [-0.15, -0.1) is 0 Å². The van der Waals surface area contributed by atoms with Crippen molar-refractivity contribution in [2.24, 2.45) is 0 Å². The Morgan fingerprint density at radius 3 is 0.944 bits per heavy atom. The van der Waals surface area contributed by atoms with Crippen LogP contribution < -0.4 is 12.4 Å². The monoisotopic (exact) mass is 540 g/mol. The van der Waals surface area contributed by atoms with E-state index in [9.17, 15) is 0 Å². The van der Waals surface area contributed by atoms with Gasteiger partial charge in [-0.25, -0.2) is 0 Å². The molecule has 3 N–H and O–H groups in total. The maximum Gasteiger partial charge on any atom is 0.102 e. The van der Waals surface area contributed by atoms with E-state index < -0.39 is 0 Å². The van der Waals surface area contributed by atoms with E-state index in [2.05, 4.69) is 49.0 Å². The van der Waals surface area contributed by atoms with Crippen molar-refractivity contribution in [3.8, 4) is 0 Å². The Balaban J connectivity index is -0.000000230. The molecule has 0 aromatic rings. The highest BCUT2D eigenvalue weighted by Gasteiger charge is 2.11. The Labute approximate surface area is 234 Å². The number of unbranched alkanes of at least 4 members (excludes halogenated alkanes) is 13. The molecule has 0 rings (SSSR count). The number of nitrogens with one attached hydrogen (secondary N) is 1. The van der Waals surface area contributed by atoms with Crippen LogP contribution in [0.25, 0.3) is 5.73 Å². The molecular weight excluding hydrogens is 470 g/mol. The number of rotatable bonds is 22. The number of hydrogen-bond donors (Lipinski definition) is 2. The molecule has 5 nitrogen and oxygen atoms in total. The summed E-state index contributed by atoms with van der Waals surface area (Å²) in [7, 11) is 8.55. The quantitative estimate of drug-likeness (QED) is 0.158. The van der Waals surface area contributed by atoms with Crippen LogP contribution in [0.5, 0.6) is 0 Å². The van der Waals surface area contributed by atoms with Gasteiger partial charge in [-0.05, 0) is 12.8 Å². The highest BCUT2D eigenvalue weighted by molar-refractivity contribution is 4.52. The number of hydrogen-bond acceptors (Lipinski definition) is 2. The van der Waals surface area contributed by atoms with E-state index in [1.54, 1.807) is 0 Å². The summed E-state index contributed by atoms with van der Waals surface area (Å²) in [6.07, 6.45) is 21.9. The molecule has 0 saturated carbocycles. The summed E-state index contributed by atoms with van der Waals surface area (Å²) in [6.45, 7) is 11.9. The first-order valence-electron chi connectivity index (χ1n) is 15.2. The van der Waals surface area contributed by atoms with E-state index >= 15 is 0 Å². The zero-order valence-electron chi connectivity index (χ0n) is 25.9. The summed E-state index contributed by atoms with van der Waals surface area (Å²) in [5, 5.41) is 17.2. The molecule has 0 saturated heterocycles. The normalized spacial score (nSPS) is 11.2. The lowest BCUT2D eigenvalue weighted by molar-refractivity contribution is -0.890. The molecule has 0 aromatic heterocycles. The lowest BCUT2D eigenvalue weighted by atomic mass is 10.0. The van der Waals surface area contributed by atoms with Gasteiger partial charge in [0.2, 0.25) is 0 Å². The Bertz CT molecular complexity index is 333. The molecule has 0 fully saturated rings. The Hall–Kier alpha value is 0.0900. The summed E-state index contributed by atoms with van der Waals surface area (Å²) in [6, 6.07) is 0. The summed E-state index contributed by atoms with van der Waals surface area (Å²) >= 11 is 0. The van der Waals surface area contributed by atoms with Gasteiger partial charge in [0, 0.05) is 0 Å². The zero-order chi connectivity index (χ0) is 27.3. The van der Waals surface area contributed by atoms with Gasteiger partial charge in [0.05, 0.1) is 54.5 Å². The van der Waals surface area contributed by atoms with Crippen molar-refractivity contribution < 1.29 is 31.6 Å². The lowest BCUT2D eigenvalue weighted by Gasteiger charge is -2.28. The molecule has 0 amide bonds. The fourth-order valence-corrected chi connectivity index (χ4v) is 4.30. The Morgan fingerprint density at radius 2 is 0.722 bits per heavy atom. The lowest BCUT2D eigenvalue weighted by Crippen LogP contribution is -3.00. The van der Waals surface area contributed by atoms with Crippen molar-refractivity contribution in [3.05, 3.63) is 5.73 Å². The first-order valence-corrected chi connectivity index (χ1v) is 15.2. The number of quaternary nitrogens is 2. The molecule has 0 atom stereocenters. The minimum Gasteiger partial charge on any atom is -1.00 e. The smallest absolute Gasteiger partial charge is 0.102 e. The minimum atomic E-state index is 0. The SMILES string of the molecule is CCCCCCCCCCCCCCCC[NH-].CCC[N+](C)(C)CCO.CCC[N+](C)(C)CCO.[Cl-]. The molecule has 0 aliphatic rings. The molecule has 0 unspecified atom stereocenters. The van der Waals surface area contributed by atoms with Crippen molar-refractivity contribution in [2.45, 2.75) is 124 Å². The van der Waals surface area contributed by atoms with Crippen LogP contribution in [-0.4, -0.2) is 93.3 Å². The van der Waals surface area contributed by atoms with Gasteiger partial charge in [-0.3, -0.25) is 0 Å². The minimum absolute atomic E-state index is 0. The van der Waals surface area contributed by atoms with Crippen LogP contribution in [0, 0.1) is 0 Å². The van der Waals surface area contributed by atoms with Crippen LogP contribution in [0.3, 0.4) is 0 Å². The van der Waals surface area contributed by atoms with Crippen molar-refractivity contribution in [1.82, 2.24) is 0 Å². The van der Waals surface area contributed by atoms with Gasteiger partial charge >= 0.3 is 0 Å². The van der Waals surface area contributed by atoms with E-state index in [1.165, 1.54) is 96.3 Å². The van der Waals surface area contributed by atoms with Crippen LogP contribution in [0.1, 0.15) is 124 Å². The average molecular weight is 540 g/mol. The third-order valence-electron chi connectivity index (χ3n) is 6.60. The van der Waals surface area contributed by atoms with Crippen molar-refractivity contribution >= 4 is 0 Å². The molecule has 36 heavy (non-hydrogen) atoms. The number of aliphatic hydroxyl groups is 2. The average Bonchev–Trinajstić information content (AvgIpc) is 2.77. The molecule has 0 bridgehead atoms. The largest absolute Gasteiger partial charge is 1.00 e. The Morgan fingerprint density at radius 1 is 0.444 bits per heavy atom. The van der Waals surface area contributed by atoms with Crippen molar-refractivity contribution in [2.75, 3.05) is 74.1 Å². The summed E-state index contributed by atoms with van der Waals surface area (Å²) in [5.74, 6) is 0. The first kappa shape index (κ1) is 43.2. The maximum absolute atomic E-state index is 8.61. The highest BCUT2D eigenvalue weighted by atomic mass is 35.5. The molecule has 0 aliphatic carbocycles. The van der Waals surface area contributed by atoms with Crippen molar-refractivity contribution in [1.29, 1.82) is 0 Å². The van der Waals surface area contributed by atoms with Crippen LogP contribution >= 0.6 is 0 Å². The van der Waals surface area contributed by atoms with E-state index in [4.69, 9.17) is 15.9 Å². The molecule has 0 aliphatic heterocycles. The predicted octanol–water partition coefficient (Wildman–Crippen LogP) is 4.45. The maximum atomic E-state index is 8.61. The van der Waals surface area contributed by atoms with Gasteiger partial charge in [0.25, 0.3) is 0 Å². The summed E-state index contributed by atoms with van der Waals surface area (Å²) in [5.41, 5.74) is 7.06. The molecule has 224 valence electrons. The molecule has 0 aromatic carbocycles. The van der Waals surface area contributed by atoms with Crippen LogP contribution in [0.4, 0.5) is 0 Å². The van der Waals surface area contributed by atoms with Crippen LogP contribution in [-0.2, 0) is 0 Å². The number of nitrogens with zero attached hydrogens (tertiary/aromatic N) is 2. The van der Waals surface area contributed by atoms with Crippen LogP contribution in [0.2, 0.25) is 0 Å². The predicted molar refractivity (Wildman–Crippen MR) is 158 cm³/mol. The van der Waals surface area contributed by atoms with Crippen molar-refractivity contribution in [3.63, 3.8) is 0 Å². The first-order chi connectivity index (χ1) is 16.7. The summed E-state index contributed by atoms with van der Waals surface area (Å²) in [4.78, 5) is 0. The second-order valence-electron chi connectivity index (χ2n) is 11.6. The standard InChI is InChI=1S/C16H34N.2C7H18NO.ClH/c1-2-3-4-5-6-7-8-9-10-11-12-13-14-15-16-17;2*1-4-5-8(2,3)6-7-9;/h17H,2-16H2,1H3;2*9H,4-7H2,1-3H3;1H/q-1;2*+1;/p-1. The Kier molecular flexibility index (Phi) is 39.7. The number of likely N-dealkylation sites (N-methyl/N-ethyl adjacent to an activating group) is 2. The van der Waals surface area contributed by atoms with Gasteiger partial charge in [-0.1, -0.05) is 111 Å². The molecular formula is C30H70ClN3O2. The van der Waals surface area contributed by atoms with Gasteiger partial charge < -0.3 is 37.3 Å². The number of halogens is 1. The van der Waals surface area contributed by atoms with Gasteiger partial charge in [-0.2, -0.15) is 6.54 Å². The van der Waals surface area contributed by atoms with E-state index in [1.807, 2.05) is 0 Å². The van der Waals surface area contributed by atoms with Gasteiger partial charge in [0.1, 0.15) is 13.1 Å². The zero-order valence-corrected chi connectivity index (χ0v) is 26.7. The fraction of sp³-hybridized carbons (Fsp3) is 1.00. The van der Waals surface area contributed by atoms with Crippen LogP contribution in [0.15, 0.2) is 0 Å². The molecule has 0 heterocycles. The molecule has 6 heteroatoms. The van der Waals surface area contributed by atoms with Gasteiger partial charge in [0.15, 0.2) is 0 Å². The van der Waals surface area contributed by atoms with E-state index in [-0.39, 0.29) is 12.4 Å². The number of aliphatic hydroxyl groups excluding tert-OH is 2. The molecule has 0 spiro atoms. The molecule has 0 radical (unpaired) electrons. The third kappa shape index (κ3) is 41.2. The summed E-state index contributed by atoms with van der Waals surface area (Å²) < 4.78 is 1.88.